The van der Waals surface area contributed by atoms with Crippen LogP contribution >= 0.6 is 0 Å². The molecule has 0 N–H and O–H groups in total. The van der Waals surface area contributed by atoms with Crippen molar-refractivity contribution in [2.75, 3.05) is 0 Å². The Balaban J connectivity index is 0.000000114. The van der Waals surface area contributed by atoms with Gasteiger partial charge in [-0.05, 0) is 502 Å². The number of hydrogen-bond donors (Lipinski definition) is 0. The van der Waals surface area contributed by atoms with E-state index in [1.165, 1.54) is 234 Å². The van der Waals surface area contributed by atoms with Crippen LogP contribution in [0.5, 0.6) is 0 Å². The highest BCUT2D eigenvalue weighted by Gasteiger charge is 2.36. The molecule has 3 heterocycles. The molecule has 2 aromatic heterocycles. The number of benzene rings is 3. The molecule has 1 aliphatic heterocycles. The summed E-state index contributed by atoms with van der Waals surface area (Å²) in [4.78, 5) is 12.0. The molecular formula is C126H149N5. The van der Waals surface area contributed by atoms with E-state index in [2.05, 4.69) is 262 Å². The van der Waals surface area contributed by atoms with Gasteiger partial charge in [0.15, 0.2) is 0 Å². The van der Waals surface area contributed by atoms with E-state index in [-0.39, 0.29) is 0 Å². The van der Waals surface area contributed by atoms with Crippen molar-refractivity contribution in [1.29, 1.82) is 0 Å². The van der Waals surface area contributed by atoms with Crippen LogP contribution in [0.3, 0.4) is 0 Å². The van der Waals surface area contributed by atoms with Crippen LogP contribution < -0.4 is 31.3 Å². The Kier molecular flexibility index (Phi) is 31.4. The average Bonchev–Trinajstić information content (AvgIpc) is 1.59. The number of pyridine rings is 1. The van der Waals surface area contributed by atoms with Gasteiger partial charge in [0.2, 0.25) is 0 Å². The Hall–Kier alpha value is -10.8. The van der Waals surface area contributed by atoms with Crippen molar-refractivity contribution in [3.8, 4) is 0 Å². The van der Waals surface area contributed by atoms with E-state index in [9.17, 15) is 0 Å². The maximum absolute atomic E-state index is 4.08. The second kappa shape index (κ2) is 43.3. The van der Waals surface area contributed by atoms with Crippen molar-refractivity contribution in [3.63, 3.8) is 0 Å². The summed E-state index contributed by atoms with van der Waals surface area (Å²) in [6.07, 6.45) is 67.5. The van der Waals surface area contributed by atoms with Crippen LogP contribution in [0.25, 0.3) is 33.4 Å². The Morgan fingerprint density at radius 2 is 0.481 bits per heavy atom. The molecule has 4 saturated carbocycles. The molecular weight excluding hydrogens is 1580 g/mol. The van der Waals surface area contributed by atoms with Gasteiger partial charge < -0.3 is 0 Å². The summed E-state index contributed by atoms with van der Waals surface area (Å²) in [7, 11) is 0. The van der Waals surface area contributed by atoms with Crippen LogP contribution in [-0.2, 0) is 0 Å². The predicted molar refractivity (Wildman–Crippen MR) is 563 cm³/mol. The summed E-state index contributed by atoms with van der Waals surface area (Å²) < 4.78 is 0. The van der Waals surface area contributed by atoms with Crippen molar-refractivity contribution in [2.24, 2.45) is 10.2 Å². The highest BCUT2D eigenvalue weighted by molar-refractivity contribution is 6.05. The highest BCUT2D eigenvalue weighted by atomic mass is 15.2. The predicted octanol–water partition coefficient (Wildman–Crippen LogP) is 30.4. The molecule has 4 fully saturated rings. The molecule has 5 heteroatoms. The SMILES string of the molecule is CC1=C2CC=CCC2=C(C2=C3CC=CCC3=C(C)C2)C1.CC1=C2CCCC2=C(C2=C3CCCC3=C(C)C2)C1.CC1=C2CCCCC2=C(C2=C3CCCCC3=C(C)C2)C1.CC1=CC=C(C)C1.CC1=CC=C(C2=CC=C(C)C2)C1.CC1=NN=C(C)C1.CC1=c2ccccc2=C(C)C1.CC1=c2ccccc2=C(C2=c3ccccc3=C(C)C2)C1.Cc1ccc(C)nc1.Cc1cnc(C)nc1. The van der Waals surface area contributed by atoms with E-state index in [1.54, 1.807) is 145 Å². The first-order chi connectivity index (χ1) is 63.2. The van der Waals surface area contributed by atoms with Gasteiger partial charge in [-0.25, -0.2) is 9.97 Å². The van der Waals surface area contributed by atoms with Crippen LogP contribution in [-0.4, -0.2) is 26.4 Å². The fourth-order valence-electron chi connectivity index (χ4n) is 23.6. The Bertz CT molecular complexity index is 6130. The molecule has 131 heavy (non-hydrogen) atoms. The summed E-state index contributed by atoms with van der Waals surface area (Å²) in [6, 6.07) is 30.4. The maximum Gasteiger partial charge on any atom is 0.125 e. The lowest BCUT2D eigenvalue weighted by molar-refractivity contribution is 0.673. The molecule has 0 atom stereocenters. The van der Waals surface area contributed by atoms with Gasteiger partial charge in [0, 0.05) is 42.1 Å². The van der Waals surface area contributed by atoms with Crippen molar-refractivity contribution in [1.82, 2.24) is 15.0 Å². The van der Waals surface area contributed by atoms with Crippen LogP contribution in [0.15, 0.2) is 342 Å². The first-order valence-electron chi connectivity index (χ1n) is 50.1. The largest absolute Gasteiger partial charge is 0.261 e. The minimum Gasteiger partial charge on any atom is -0.261 e. The smallest absolute Gasteiger partial charge is 0.125 e. The zero-order chi connectivity index (χ0) is 92.3. The van der Waals surface area contributed by atoms with Gasteiger partial charge in [-0.2, -0.15) is 10.2 Å². The molecule has 5 nitrogen and oxygen atoms in total. The van der Waals surface area contributed by atoms with Crippen LogP contribution in [0, 0.1) is 27.7 Å². The normalized spacial score (nSPS) is 20.6. The van der Waals surface area contributed by atoms with Crippen LogP contribution in [0.2, 0.25) is 0 Å². The van der Waals surface area contributed by atoms with E-state index in [4.69, 9.17) is 0 Å². The molecule has 0 amide bonds. The van der Waals surface area contributed by atoms with Gasteiger partial charge in [0.05, 0.1) is 0 Å². The van der Waals surface area contributed by atoms with Gasteiger partial charge in [-0.3, -0.25) is 4.98 Å². The van der Waals surface area contributed by atoms with Crippen LogP contribution in [0.1, 0.15) is 332 Å². The number of aromatic nitrogens is 3. The second-order valence-corrected chi connectivity index (χ2v) is 41.1. The first-order valence-corrected chi connectivity index (χ1v) is 50.1. The lowest BCUT2D eigenvalue weighted by atomic mass is 9.84. The minimum atomic E-state index is 0.829. The van der Waals surface area contributed by atoms with Gasteiger partial charge in [-0.1, -0.05) is 218 Å². The third-order valence-electron chi connectivity index (χ3n) is 30.4. The number of fused-ring (bicyclic) bond motifs is 9. The highest BCUT2D eigenvalue weighted by Crippen LogP contribution is 2.55. The molecule has 0 unspecified atom stereocenters. The van der Waals surface area contributed by atoms with Gasteiger partial charge >= 0.3 is 0 Å². The lowest BCUT2D eigenvalue weighted by Gasteiger charge is -2.21. The third kappa shape index (κ3) is 22.4. The topological polar surface area (TPSA) is 63.4 Å². The zero-order valence-electron chi connectivity index (χ0n) is 83.7. The Morgan fingerprint density at radius 1 is 0.198 bits per heavy atom. The summed E-state index contributed by atoms with van der Waals surface area (Å²) in [5.41, 5.74) is 64.8. The fourth-order valence-corrected chi connectivity index (χ4v) is 23.6. The van der Waals surface area contributed by atoms with Crippen molar-refractivity contribution < 1.29 is 0 Å². The molecule has 0 bridgehead atoms. The van der Waals surface area contributed by atoms with Gasteiger partial charge in [0.1, 0.15) is 5.82 Å². The number of nitrogens with zero attached hydrogens (tertiary/aromatic N) is 5. The van der Waals surface area contributed by atoms with Crippen molar-refractivity contribution >= 4 is 44.9 Å². The molecule has 678 valence electrons. The monoisotopic (exact) mass is 1730 g/mol. The van der Waals surface area contributed by atoms with E-state index in [0.717, 1.165) is 86.3 Å². The number of hydrogen-bond acceptors (Lipinski definition) is 5. The summed E-state index contributed by atoms with van der Waals surface area (Å²) >= 11 is 0. The van der Waals surface area contributed by atoms with E-state index in [0.29, 0.717) is 0 Å². The number of aryl methyl sites for hydroxylation is 4. The van der Waals surface area contributed by atoms with Gasteiger partial charge in [-0.15, -0.1) is 0 Å². The molecule has 0 radical (unpaired) electrons. The Labute approximate surface area is 787 Å². The lowest BCUT2D eigenvalue weighted by Crippen LogP contribution is -2.26. The minimum absolute atomic E-state index is 0.829. The third-order valence-corrected chi connectivity index (χ3v) is 30.4. The average molecular weight is 1730 g/mol. The van der Waals surface area contributed by atoms with Gasteiger partial charge in [0.25, 0.3) is 0 Å². The summed E-state index contributed by atoms with van der Waals surface area (Å²) in [6.45, 7) is 43.7. The summed E-state index contributed by atoms with van der Waals surface area (Å²) in [5.74, 6) is 0.829. The number of allylic oxidation sites excluding steroid dienone is 40. The van der Waals surface area contributed by atoms with Crippen molar-refractivity contribution in [3.05, 3.63) is 385 Å². The van der Waals surface area contributed by atoms with Crippen molar-refractivity contribution in [2.45, 2.75) is 338 Å². The molecule has 3 aromatic carbocycles. The van der Waals surface area contributed by atoms with E-state index in [1.807, 2.05) is 66.2 Å². The second-order valence-electron chi connectivity index (χ2n) is 41.1. The fraction of sp³-hybridized carbons (Fsp3) is 0.405. The molecule has 5 aromatic rings. The Morgan fingerprint density at radius 3 is 0.786 bits per heavy atom. The van der Waals surface area contributed by atoms with Crippen LogP contribution in [0.4, 0.5) is 0 Å². The number of rotatable bonds is 5. The van der Waals surface area contributed by atoms with E-state index < -0.39 is 0 Å². The molecule has 24 rings (SSSR count). The standard InChI is InChI=1S/C20H26.C20H22.C20H18.C18H22.C12H14.C11H12.C7H9N.C7H10.C6H8N2.C5H8N2/c3*1-13-11-19(17-9-5-3-7-15(13)17)20-12-14(2)16-8-4-6-10-18(16)20;1-11-9-17(15-7-3-5-13(11)15)18-10-12(2)14-6-4-8-16(14)18;1-9-3-5-11(7-9)12-6-4-10(2)8-12;1-8-7-9(2)11-6-4-3-5-10(8)11;1-6-3-4-7(2)8-5-6;1-6-3-4-7(2)5-6;1-5-3-7-6(2)8-4-5;1-4-3-5(2)7-6-4/h3-12H2,1-2H3;3-6H,7-12H2,1-2H3;3-10H,11-12H2,1-2H3;3-10H2,1-2H3;3-6H,7-8H2,1-2H3;3-6H,7H2,1-2H3;3-5H,1-2H3;3-4H,5H2,1-2H3;3-4H,1-2H3;3H2,1-2H3. The molecule has 19 aliphatic rings. The zero-order valence-corrected chi connectivity index (χ0v) is 83.7. The quantitative estimate of drug-likeness (QED) is 0.165. The first kappa shape index (κ1) is 94.9. The molecule has 18 aliphatic carbocycles. The summed E-state index contributed by atoms with van der Waals surface area (Å²) in [5, 5.41) is 16.3. The maximum atomic E-state index is 4.08. The van der Waals surface area contributed by atoms with E-state index >= 15 is 0 Å². The molecule has 0 spiro atoms. The molecule has 0 saturated heterocycles.